The van der Waals surface area contributed by atoms with Crippen molar-refractivity contribution in [3.05, 3.63) is 10.4 Å². The molecule has 0 aromatic rings. The van der Waals surface area contributed by atoms with Crippen LogP contribution in [0.1, 0.15) is 219 Å². The van der Waals surface area contributed by atoms with Crippen molar-refractivity contribution in [3.8, 4) is 0 Å². The van der Waals surface area contributed by atoms with Gasteiger partial charge in [0.25, 0.3) is 0 Å². The van der Waals surface area contributed by atoms with Crippen molar-refractivity contribution in [2.24, 2.45) is 5.11 Å². The van der Waals surface area contributed by atoms with Crippen LogP contribution in [0.5, 0.6) is 0 Å². The molecule has 0 aliphatic heterocycles. The van der Waals surface area contributed by atoms with Crippen molar-refractivity contribution in [2.75, 3.05) is 19.8 Å². The molecule has 0 N–H and O–H groups in total. The van der Waals surface area contributed by atoms with Gasteiger partial charge in [-0.2, -0.15) is 0 Å². The van der Waals surface area contributed by atoms with Gasteiger partial charge in [-0.05, 0) is 18.4 Å². The predicted octanol–water partition coefficient (Wildman–Crippen LogP) is 12.8. The third kappa shape index (κ3) is 37.0. The quantitative estimate of drug-likeness (QED) is 0.0156. The summed E-state index contributed by atoms with van der Waals surface area (Å²) in [6.07, 6.45) is 37.4. The summed E-state index contributed by atoms with van der Waals surface area (Å²) in [5.41, 5.74) is 8.42. The molecule has 0 aliphatic rings. The van der Waals surface area contributed by atoms with Crippen molar-refractivity contribution >= 4 is 17.9 Å². The van der Waals surface area contributed by atoms with Crippen LogP contribution in [-0.4, -0.2) is 43.8 Å². The van der Waals surface area contributed by atoms with Gasteiger partial charge in [0.05, 0.1) is 0 Å². The van der Waals surface area contributed by atoms with E-state index in [2.05, 4.69) is 23.9 Å². The number of azide groups is 1. The highest BCUT2D eigenvalue weighted by Crippen LogP contribution is 2.16. The van der Waals surface area contributed by atoms with Gasteiger partial charge in [0.1, 0.15) is 19.8 Å². The molecule has 0 fully saturated rings. The van der Waals surface area contributed by atoms with Crippen LogP contribution in [-0.2, 0) is 28.6 Å². The summed E-state index contributed by atoms with van der Waals surface area (Å²) < 4.78 is 16.0. The molecule has 0 amide bonds. The van der Waals surface area contributed by atoms with Gasteiger partial charge in [0.2, 0.25) is 0 Å². The first-order valence-corrected chi connectivity index (χ1v) is 21.0. The lowest BCUT2D eigenvalue weighted by Crippen LogP contribution is -2.31. The summed E-state index contributed by atoms with van der Waals surface area (Å²) in [5, 5.41) is 3.19. The molecule has 9 nitrogen and oxygen atoms in total. The Morgan fingerprint density at radius 3 is 1.10 bits per heavy atom. The number of carbonyl (C=O) groups excluding carboxylic acids is 3. The van der Waals surface area contributed by atoms with E-state index in [-0.39, 0.29) is 25.6 Å². The zero-order valence-electron chi connectivity index (χ0n) is 32.6. The van der Waals surface area contributed by atoms with Gasteiger partial charge in [-0.25, -0.2) is 0 Å². The van der Waals surface area contributed by atoms with Gasteiger partial charge in [0, 0.05) is 17.8 Å². The first kappa shape index (κ1) is 47.7. The van der Waals surface area contributed by atoms with Crippen LogP contribution in [0.3, 0.4) is 0 Å². The molecule has 0 bridgehead atoms. The van der Waals surface area contributed by atoms with Gasteiger partial charge in [-0.3, -0.25) is 14.4 Å². The van der Waals surface area contributed by atoms with Crippen LogP contribution in [0, 0.1) is 0 Å². The van der Waals surface area contributed by atoms with Gasteiger partial charge in [-0.15, -0.1) is 0 Å². The number of rotatable bonds is 39. The molecule has 1 unspecified atom stereocenters. The van der Waals surface area contributed by atoms with E-state index in [4.69, 9.17) is 19.7 Å². The fourth-order valence-electron chi connectivity index (χ4n) is 6.22. The molecule has 0 aliphatic carbocycles. The second-order valence-corrected chi connectivity index (χ2v) is 14.3. The van der Waals surface area contributed by atoms with E-state index in [1.54, 1.807) is 0 Å². The van der Waals surface area contributed by atoms with Crippen LogP contribution in [0.15, 0.2) is 5.11 Å². The Morgan fingerprint density at radius 2 is 0.760 bits per heavy atom. The van der Waals surface area contributed by atoms with E-state index in [0.29, 0.717) is 6.42 Å². The molecule has 50 heavy (non-hydrogen) atoms. The van der Waals surface area contributed by atoms with Gasteiger partial charge < -0.3 is 14.2 Å². The highest BCUT2D eigenvalue weighted by molar-refractivity contribution is 5.72. The SMILES string of the molecule is CCCCCCCCCCCCCCCCCC(=O)OCC(COC(=O)CN=[N+]=[N-])OC(=O)CCCCCCCCCCCCCCCCC. The number of carbonyl (C=O) groups is 3. The fourth-order valence-corrected chi connectivity index (χ4v) is 6.22. The van der Waals surface area contributed by atoms with Crippen molar-refractivity contribution in [3.63, 3.8) is 0 Å². The molecule has 0 heterocycles. The average molecular weight is 708 g/mol. The smallest absolute Gasteiger partial charge is 0.311 e. The van der Waals surface area contributed by atoms with Crippen molar-refractivity contribution in [2.45, 2.75) is 225 Å². The number of hydrogen-bond donors (Lipinski definition) is 0. The van der Waals surface area contributed by atoms with Crippen molar-refractivity contribution in [1.82, 2.24) is 0 Å². The molecule has 0 aromatic heterocycles. The van der Waals surface area contributed by atoms with E-state index in [1.807, 2.05) is 0 Å². The normalized spacial score (nSPS) is 11.6. The Labute approximate surface area is 306 Å². The molecule has 0 rings (SSSR count). The highest BCUT2D eigenvalue weighted by atomic mass is 16.6. The Bertz CT molecular complexity index is 833. The number of nitrogens with zero attached hydrogens (tertiary/aromatic N) is 3. The summed E-state index contributed by atoms with van der Waals surface area (Å²) in [5.74, 6) is -1.46. The van der Waals surface area contributed by atoms with Gasteiger partial charge >= 0.3 is 17.9 Å². The summed E-state index contributed by atoms with van der Waals surface area (Å²) in [6, 6.07) is 0. The van der Waals surface area contributed by atoms with Crippen molar-refractivity contribution < 1.29 is 28.6 Å². The van der Waals surface area contributed by atoms with Crippen LogP contribution < -0.4 is 0 Å². The minimum atomic E-state index is -0.890. The van der Waals surface area contributed by atoms with E-state index < -0.39 is 24.6 Å². The van der Waals surface area contributed by atoms with E-state index in [9.17, 15) is 14.4 Å². The van der Waals surface area contributed by atoms with E-state index in [1.165, 1.54) is 154 Å². The molecular formula is C41H77N3O6. The van der Waals surface area contributed by atoms with Crippen LogP contribution in [0.4, 0.5) is 0 Å². The fraction of sp³-hybridized carbons (Fsp3) is 0.927. The van der Waals surface area contributed by atoms with E-state index >= 15 is 0 Å². The van der Waals surface area contributed by atoms with Crippen LogP contribution in [0.25, 0.3) is 10.4 Å². The first-order chi connectivity index (χ1) is 24.5. The second-order valence-electron chi connectivity index (χ2n) is 14.3. The minimum absolute atomic E-state index is 0.170. The number of esters is 3. The monoisotopic (exact) mass is 708 g/mol. The zero-order chi connectivity index (χ0) is 36.6. The summed E-state index contributed by atoms with van der Waals surface area (Å²) in [7, 11) is 0. The molecular weight excluding hydrogens is 630 g/mol. The largest absolute Gasteiger partial charge is 0.462 e. The molecule has 0 radical (unpaired) electrons. The van der Waals surface area contributed by atoms with Gasteiger partial charge in [0.15, 0.2) is 6.10 Å². The number of ether oxygens (including phenoxy) is 3. The van der Waals surface area contributed by atoms with Gasteiger partial charge in [-0.1, -0.05) is 199 Å². The molecule has 0 saturated carbocycles. The maximum atomic E-state index is 12.5. The summed E-state index contributed by atoms with van der Waals surface area (Å²) in [4.78, 5) is 39.2. The third-order valence-corrected chi connectivity index (χ3v) is 9.39. The zero-order valence-corrected chi connectivity index (χ0v) is 32.6. The first-order valence-electron chi connectivity index (χ1n) is 21.0. The molecule has 0 saturated heterocycles. The average Bonchev–Trinajstić information content (AvgIpc) is 3.11. The van der Waals surface area contributed by atoms with Crippen molar-refractivity contribution in [1.29, 1.82) is 0 Å². The lowest BCUT2D eigenvalue weighted by atomic mass is 10.0. The maximum absolute atomic E-state index is 12.5. The minimum Gasteiger partial charge on any atom is -0.462 e. The lowest BCUT2D eigenvalue weighted by molar-refractivity contribution is -0.166. The molecule has 1 atom stereocenters. The Morgan fingerprint density at radius 1 is 0.460 bits per heavy atom. The molecule has 292 valence electrons. The third-order valence-electron chi connectivity index (χ3n) is 9.39. The predicted molar refractivity (Wildman–Crippen MR) is 205 cm³/mol. The second kappa shape index (κ2) is 39.5. The molecule has 0 spiro atoms. The Hall–Kier alpha value is -2.28. The molecule has 9 heteroatoms. The lowest BCUT2D eigenvalue weighted by Gasteiger charge is -2.18. The van der Waals surface area contributed by atoms with Crippen LogP contribution in [0.2, 0.25) is 0 Å². The topological polar surface area (TPSA) is 128 Å². The van der Waals surface area contributed by atoms with Crippen LogP contribution >= 0.6 is 0 Å². The number of hydrogen-bond acceptors (Lipinski definition) is 7. The Kier molecular flexibility index (Phi) is 37.7. The number of unbranched alkanes of at least 4 members (excludes halogenated alkanes) is 28. The summed E-state index contributed by atoms with van der Waals surface area (Å²) in [6.45, 7) is 3.65. The molecule has 0 aromatic carbocycles. The maximum Gasteiger partial charge on any atom is 0.311 e. The Balaban J connectivity index is 4.02. The standard InChI is InChI=1S/C41H77N3O6/c1-3-5-7-9-11-13-15-17-19-21-23-25-27-29-31-33-39(45)48-36-38(37-49-41(47)35-43-44-42)50-40(46)34-32-30-28-26-24-22-20-18-16-14-12-10-8-6-4-2/h38H,3-37H2,1-2H3. The highest BCUT2D eigenvalue weighted by Gasteiger charge is 2.19. The summed E-state index contributed by atoms with van der Waals surface area (Å²) >= 11 is 0. The van der Waals surface area contributed by atoms with E-state index in [0.717, 1.165) is 38.5 Å².